The van der Waals surface area contributed by atoms with Crippen molar-refractivity contribution in [2.45, 2.75) is 0 Å². The lowest BCUT2D eigenvalue weighted by Crippen LogP contribution is -3.00. The van der Waals surface area contributed by atoms with E-state index in [1.807, 2.05) is 0 Å². The zero-order valence-electron chi connectivity index (χ0n) is 5.55. The second-order valence-electron chi connectivity index (χ2n) is 2.61. The van der Waals surface area contributed by atoms with Gasteiger partial charge in [-0.3, -0.25) is 0 Å². The molecule has 0 aliphatic carbocycles. The monoisotopic (exact) mass is 245 g/mol. The summed E-state index contributed by atoms with van der Waals surface area (Å²) in [6.07, 6.45) is 0.757. The highest BCUT2D eigenvalue weighted by Gasteiger charge is 2.14. The second kappa shape index (κ2) is 4.52. The Morgan fingerprint density at radius 3 is 1.75 bits per heavy atom. The molecule has 0 aromatic rings. The van der Waals surface area contributed by atoms with Gasteiger partial charge in [-0.1, -0.05) is 0 Å². The summed E-state index contributed by atoms with van der Waals surface area (Å²) in [5, 5.41) is 8.18. The zero-order valence-corrected chi connectivity index (χ0v) is 9.00. The molecule has 0 spiro atoms. The Labute approximate surface area is 68.8 Å². The minimum Gasteiger partial charge on any atom is -0.194 e. The van der Waals surface area contributed by atoms with Gasteiger partial charge in [0.2, 0.25) is 24.0 Å². The van der Waals surface area contributed by atoms with E-state index >= 15 is 0 Å². The third-order valence-corrected chi connectivity index (χ3v) is 1.64. The van der Waals surface area contributed by atoms with Crippen LogP contribution in [0.3, 0.4) is 0 Å². The van der Waals surface area contributed by atoms with Crippen molar-refractivity contribution in [2.24, 2.45) is 0 Å². The lowest BCUT2D eigenvalue weighted by Gasteiger charge is -2.03. The molecule has 0 aromatic heterocycles. The summed E-state index contributed by atoms with van der Waals surface area (Å²) in [6, 6.07) is 2.16. The predicted molar refractivity (Wildman–Crippen MR) is 38.0 cm³/mol. The molecule has 48 valence electrons. The Balaban J connectivity index is 0. The fourth-order valence-electron chi connectivity index (χ4n) is 0.212. The average molecular weight is 245 g/mol. The summed E-state index contributed by atoms with van der Waals surface area (Å²) >= 11 is 0. The van der Waals surface area contributed by atoms with Crippen molar-refractivity contribution in [3.05, 3.63) is 0 Å². The average Bonchev–Trinajstić information content (AvgIpc) is 1.30. The van der Waals surface area contributed by atoms with E-state index in [9.17, 15) is 0 Å². The van der Waals surface area contributed by atoms with Gasteiger partial charge in [-0.2, -0.15) is 5.26 Å². The summed E-state index contributed by atoms with van der Waals surface area (Å²) in [5.74, 6) is 0. The molecule has 0 fully saturated rings. The van der Waals surface area contributed by atoms with E-state index in [0.717, 1.165) is 6.16 Å². The van der Waals surface area contributed by atoms with Crippen molar-refractivity contribution in [3.8, 4) is 6.07 Å². The van der Waals surface area contributed by atoms with E-state index in [0.29, 0.717) is 0 Å². The molecule has 0 bridgehead atoms. The lowest BCUT2D eigenvalue weighted by atomic mass is 10.9. The third kappa shape index (κ3) is 9.82. The number of halogens is 1. The molecule has 8 heavy (non-hydrogen) atoms. The second-order valence-corrected chi connectivity index (χ2v) is 7.50. The van der Waals surface area contributed by atoms with E-state index in [2.05, 4.69) is 26.1 Å². The van der Waals surface area contributed by atoms with Gasteiger partial charge in [0.1, 0.15) is 12.2 Å². The highest BCUT2D eigenvalue weighted by atomic mass is 127. The predicted octanol–water partition coefficient (Wildman–Crippen LogP) is -2.11. The number of nitrogens with zero attached hydrogens (tertiary/aromatic N) is 1. The van der Waals surface area contributed by atoms with Crippen molar-refractivity contribution in [3.63, 3.8) is 0 Å². The van der Waals surface area contributed by atoms with Gasteiger partial charge in [0, 0.05) is 27.3 Å². The molecule has 0 rings (SSSR count). The maximum atomic E-state index is 8.18. The Morgan fingerprint density at radius 2 is 1.75 bits per heavy atom. The summed E-state index contributed by atoms with van der Waals surface area (Å²) < 4.78 is 0. The molecule has 0 saturated heterocycles. The summed E-state index contributed by atoms with van der Waals surface area (Å²) in [5.41, 5.74) is 0. The van der Waals surface area contributed by atoms with Crippen molar-refractivity contribution in [2.75, 3.05) is 26.2 Å². The SMILES string of the molecule is C[P+](C)(C)CC#N.[IH2+]. The van der Waals surface area contributed by atoms with Gasteiger partial charge in [0.15, 0.2) is 0 Å². The molecule has 0 aliphatic rings. The highest BCUT2D eigenvalue weighted by molar-refractivity contribution is 7.73. The van der Waals surface area contributed by atoms with Crippen molar-refractivity contribution < 1.29 is 24.0 Å². The largest absolute Gasteiger partial charge is 0.235 e. The fourth-order valence-corrected chi connectivity index (χ4v) is 0.636. The van der Waals surface area contributed by atoms with Gasteiger partial charge in [-0.15, -0.1) is 0 Å². The minimum atomic E-state index is -0.777. The molecule has 0 amide bonds. The fraction of sp³-hybridized carbons (Fsp3) is 0.800. The number of nitriles is 1. The molecule has 0 atom stereocenters. The van der Waals surface area contributed by atoms with Crippen molar-refractivity contribution in [1.82, 2.24) is 0 Å². The normalized spacial score (nSPS) is 9.25. The van der Waals surface area contributed by atoms with Gasteiger partial charge in [0.05, 0.1) is 0 Å². The molecule has 1 nitrogen and oxygen atoms in total. The first-order valence-electron chi connectivity index (χ1n) is 2.24. The quantitative estimate of drug-likeness (QED) is 0.383. The van der Waals surface area contributed by atoms with Gasteiger partial charge >= 0.3 is 0 Å². The van der Waals surface area contributed by atoms with E-state index in [4.69, 9.17) is 5.26 Å². The molecule has 0 saturated carbocycles. The summed E-state index contributed by atoms with van der Waals surface area (Å²) in [4.78, 5) is 0. The number of rotatable bonds is 1. The third-order valence-electron chi connectivity index (χ3n) is 0.545. The molecular formula is C5H13INP+2. The molecule has 0 N–H and O–H groups in total. The first kappa shape index (κ1) is 11.4. The van der Waals surface area contributed by atoms with Crippen LogP contribution in [-0.2, 0) is 0 Å². The van der Waals surface area contributed by atoms with Crippen molar-refractivity contribution in [1.29, 1.82) is 5.26 Å². The maximum absolute atomic E-state index is 8.18. The molecule has 3 heteroatoms. The van der Waals surface area contributed by atoms with E-state index < -0.39 is 7.26 Å². The molecule has 0 unspecified atom stereocenters. The van der Waals surface area contributed by atoms with Crippen LogP contribution in [0.15, 0.2) is 0 Å². The van der Waals surface area contributed by atoms with Crippen LogP contribution in [-0.4, -0.2) is 26.2 Å². The Morgan fingerprint density at radius 1 is 1.38 bits per heavy atom. The Bertz CT molecular complexity index is 89.6. The maximum Gasteiger partial charge on any atom is 0.235 e. The van der Waals surface area contributed by atoms with Crippen LogP contribution in [0.4, 0.5) is 0 Å². The van der Waals surface area contributed by atoms with Crippen LogP contribution in [0, 0.1) is 11.3 Å². The first-order valence-corrected chi connectivity index (χ1v) is 5.55. The molecule has 0 aliphatic heterocycles. The Hall–Kier alpha value is 0.650. The van der Waals surface area contributed by atoms with Crippen LogP contribution in [0.1, 0.15) is 0 Å². The van der Waals surface area contributed by atoms with Crippen LogP contribution < -0.4 is 24.0 Å². The Kier molecular flexibility index (Phi) is 6.47. The standard InChI is InChI=1S/C5H11NP.H2I/c1-7(2,3)5-4-6;/h5H2,1-3H3;1H2/q2*+1. The van der Waals surface area contributed by atoms with Crippen LogP contribution in [0.2, 0.25) is 0 Å². The topological polar surface area (TPSA) is 23.8 Å². The highest BCUT2D eigenvalue weighted by Crippen LogP contribution is 2.45. The molecular weight excluding hydrogens is 232 g/mol. The molecule has 0 radical (unpaired) electrons. The van der Waals surface area contributed by atoms with Crippen LogP contribution >= 0.6 is 7.26 Å². The van der Waals surface area contributed by atoms with Gasteiger partial charge in [-0.25, -0.2) is 0 Å². The molecule has 0 heterocycles. The molecule has 0 aromatic carbocycles. The number of hydrogen-bond acceptors (Lipinski definition) is 1. The minimum absolute atomic E-state index is 0. The summed E-state index contributed by atoms with van der Waals surface area (Å²) in [7, 11) is -0.777. The van der Waals surface area contributed by atoms with Crippen LogP contribution in [0.5, 0.6) is 0 Å². The van der Waals surface area contributed by atoms with Crippen LogP contribution in [0.25, 0.3) is 0 Å². The van der Waals surface area contributed by atoms with E-state index in [1.54, 1.807) is 0 Å². The van der Waals surface area contributed by atoms with Gasteiger partial charge in [0.25, 0.3) is 0 Å². The zero-order chi connectivity index (χ0) is 5.91. The summed E-state index contributed by atoms with van der Waals surface area (Å²) in [6.45, 7) is 6.49. The lowest BCUT2D eigenvalue weighted by molar-refractivity contribution is -0.00000209. The first-order chi connectivity index (χ1) is 3.06. The van der Waals surface area contributed by atoms with E-state index in [1.165, 1.54) is 0 Å². The van der Waals surface area contributed by atoms with Gasteiger partial charge in [-0.05, 0) is 0 Å². The van der Waals surface area contributed by atoms with Crippen molar-refractivity contribution >= 4 is 7.26 Å². The van der Waals surface area contributed by atoms with Gasteiger partial charge < -0.3 is 0 Å². The van der Waals surface area contributed by atoms with E-state index in [-0.39, 0.29) is 24.0 Å². The smallest absolute Gasteiger partial charge is 0.194 e. The number of hydrogen-bond donors (Lipinski definition) is 0.